The van der Waals surface area contributed by atoms with Crippen LogP contribution < -0.4 is 16.4 Å². The van der Waals surface area contributed by atoms with Gasteiger partial charge in [0.15, 0.2) is 0 Å². The lowest BCUT2D eigenvalue weighted by molar-refractivity contribution is 0.575. The summed E-state index contributed by atoms with van der Waals surface area (Å²) in [5.74, 6) is 0. The van der Waals surface area contributed by atoms with E-state index in [0.29, 0.717) is 0 Å². The van der Waals surface area contributed by atoms with Gasteiger partial charge in [-0.3, -0.25) is 0 Å². The van der Waals surface area contributed by atoms with Crippen LogP contribution in [0.4, 0.5) is 17.1 Å². The molecule has 0 aliphatic carbocycles. The third-order valence-corrected chi connectivity index (χ3v) is 4.96. The zero-order valence-corrected chi connectivity index (χ0v) is 16.7. The van der Waals surface area contributed by atoms with Gasteiger partial charge in [0.05, 0.1) is 11.4 Å². The van der Waals surface area contributed by atoms with Gasteiger partial charge in [-0.1, -0.05) is 78.1 Å². The van der Waals surface area contributed by atoms with E-state index >= 15 is 0 Å². The molecule has 0 fully saturated rings. The summed E-state index contributed by atoms with van der Waals surface area (Å²) in [5, 5.41) is 0. The first-order valence-corrected chi connectivity index (χ1v) is 10.6. The molecule has 1 rings (SSSR count). The number of nitrogens with zero attached hydrogens (tertiary/aromatic N) is 1. The van der Waals surface area contributed by atoms with Gasteiger partial charge in [0, 0.05) is 18.8 Å². The Morgan fingerprint density at radius 2 is 1.16 bits per heavy atom. The van der Waals surface area contributed by atoms with Gasteiger partial charge in [-0.05, 0) is 31.0 Å². The van der Waals surface area contributed by atoms with Gasteiger partial charge in [0.25, 0.3) is 0 Å². The molecule has 0 heterocycles. The summed E-state index contributed by atoms with van der Waals surface area (Å²) in [6, 6.07) is 5.96. The highest BCUT2D eigenvalue weighted by Crippen LogP contribution is 2.26. The van der Waals surface area contributed by atoms with E-state index in [4.69, 9.17) is 11.5 Å². The van der Waals surface area contributed by atoms with Gasteiger partial charge in [0.1, 0.15) is 0 Å². The molecule has 0 unspecified atom stereocenters. The maximum absolute atomic E-state index is 6.24. The van der Waals surface area contributed by atoms with Gasteiger partial charge in [-0.25, -0.2) is 0 Å². The maximum atomic E-state index is 6.24. The molecule has 0 aliphatic heterocycles. The SMILES string of the molecule is CCCCCCCCN(CCCCCCCC)c1ccc(N)cc1N. The van der Waals surface area contributed by atoms with E-state index in [1.54, 1.807) is 0 Å². The lowest BCUT2D eigenvalue weighted by atomic mass is 10.1. The molecule has 1 aromatic carbocycles. The first-order valence-electron chi connectivity index (χ1n) is 10.6. The third kappa shape index (κ3) is 9.62. The van der Waals surface area contributed by atoms with E-state index < -0.39 is 0 Å². The molecule has 0 amide bonds. The van der Waals surface area contributed by atoms with Crippen molar-refractivity contribution in [1.29, 1.82) is 0 Å². The highest BCUT2D eigenvalue weighted by Gasteiger charge is 2.10. The van der Waals surface area contributed by atoms with Crippen molar-refractivity contribution in [3.8, 4) is 0 Å². The number of nitrogen functional groups attached to an aromatic ring is 2. The van der Waals surface area contributed by atoms with Crippen LogP contribution in [0.5, 0.6) is 0 Å². The van der Waals surface area contributed by atoms with E-state index in [1.807, 2.05) is 12.1 Å². The van der Waals surface area contributed by atoms with Crippen LogP contribution in [0.2, 0.25) is 0 Å². The number of anilines is 3. The molecule has 0 aliphatic rings. The van der Waals surface area contributed by atoms with E-state index in [2.05, 4.69) is 24.8 Å². The summed E-state index contributed by atoms with van der Waals surface area (Å²) >= 11 is 0. The minimum Gasteiger partial charge on any atom is -0.399 e. The van der Waals surface area contributed by atoms with Crippen molar-refractivity contribution in [1.82, 2.24) is 0 Å². The normalized spacial score (nSPS) is 11.0. The molecule has 0 radical (unpaired) electrons. The molecule has 0 saturated heterocycles. The Morgan fingerprint density at radius 1 is 0.680 bits per heavy atom. The molecule has 0 bridgehead atoms. The number of nitrogens with two attached hydrogens (primary N) is 2. The minimum atomic E-state index is 0.750. The average molecular weight is 348 g/mol. The Morgan fingerprint density at radius 3 is 1.64 bits per heavy atom. The van der Waals surface area contributed by atoms with Crippen molar-refractivity contribution < 1.29 is 0 Å². The lowest BCUT2D eigenvalue weighted by Crippen LogP contribution is -2.26. The monoisotopic (exact) mass is 347 g/mol. The summed E-state index contributed by atoms with van der Waals surface area (Å²) in [4.78, 5) is 2.48. The van der Waals surface area contributed by atoms with Gasteiger partial charge >= 0.3 is 0 Å². The predicted octanol–water partition coefficient (Wildman–Crippen LogP) is 6.38. The van der Waals surface area contributed by atoms with E-state index in [0.717, 1.165) is 30.2 Å². The van der Waals surface area contributed by atoms with Crippen molar-refractivity contribution >= 4 is 17.1 Å². The fourth-order valence-electron chi connectivity index (χ4n) is 3.38. The Bertz CT molecular complexity index is 429. The Hall–Kier alpha value is -1.38. The molecule has 25 heavy (non-hydrogen) atoms. The number of hydrogen-bond acceptors (Lipinski definition) is 3. The Labute approximate surface area is 156 Å². The standard InChI is InChI=1S/C22H41N3/c1-3-5-7-9-11-13-17-25(18-14-12-10-8-6-4-2)22-16-15-20(23)19-21(22)24/h15-16,19H,3-14,17-18,23-24H2,1-2H3. The summed E-state index contributed by atoms with van der Waals surface area (Å²) in [6.45, 7) is 6.75. The fourth-order valence-corrected chi connectivity index (χ4v) is 3.38. The molecule has 144 valence electrons. The summed E-state index contributed by atoms with van der Waals surface area (Å²) in [6.07, 6.45) is 16.0. The number of hydrogen-bond donors (Lipinski definition) is 2. The first-order chi connectivity index (χ1) is 12.2. The summed E-state index contributed by atoms with van der Waals surface area (Å²) < 4.78 is 0. The molecule has 0 saturated carbocycles. The minimum absolute atomic E-state index is 0.750. The smallest absolute Gasteiger partial charge is 0.0601 e. The molecule has 0 spiro atoms. The van der Waals surface area contributed by atoms with Gasteiger partial charge < -0.3 is 16.4 Å². The zero-order valence-electron chi connectivity index (χ0n) is 16.7. The molecule has 0 aromatic heterocycles. The van der Waals surface area contributed by atoms with Crippen molar-refractivity contribution in [2.75, 3.05) is 29.5 Å². The predicted molar refractivity (Wildman–Crippen MR) is 114 cm³/mol. The summed E-state index contributed by atoms with van der Waals surface area (Å²) in [5.41, 5.74) is 14.8. The summed E-state index contributed by atoms with van der Waals surface area (Å²) in [7, 11) is 0. The van der Waals surface area contributed by atoms with Crippen LogP contribution in [0.25, 0.3) is 0 Å². The molecule has 0 atom stereocenters. The van der Waals surface area contributed by atoms with E-state index in [9.17, 15) is 0 Å². The van der Waals surface area contributed by atoms with Crippen molar-refractivity contribution in [3.63, 3.8) is 0 Å². The second kappa shape index (κ2) is 13.9. The number of benzene rings is 1. The molecular formula is C22H41N3. The highest BCUT2D eigenvalue weighted by atomic mass is 15.1. The van der Waals surface area contributed by atoms with Gasteiger partial charge in [-0.15, -0.1) is 0 Å². The molecule has 3 heteroatoms. The third-order valence-electron chi connectivity index (χ3n) is 4.96. The quantitative estimate of drug-likeness (QED) is 0.286. The second-order valence-electron chi connectivity index (χ2n) is 7.34. The van der Waals surface area contributed by atoms with Gasteiger partial charge in [0.2, 0.25) is 0 Å². The van der Waals surface area contributed by atoms with Crippen molar-refractivity contribution in [3.05, 3.63) is 18.2 Å². The van der Waals surface area contributed by atoms with Gasteiger partial charge in [-0.2, -0.15) is 0 Å². The number of unbranched alkanes of at least 4 members (excludes halogenated alkanes) is 10. The van der Waals surface area contributed by atoms with Crippen LogP contribution in [-0.2, 0) is 0 Å². The fraction of sp³-hybridized carbons (Fsp3) is 0.727. The van der Waals surface area contributed by atoms with E-state index in [1.165, 1.54) is 77.0 Å². The topological polar surface area (TPSA) is 55.3 Å². The van der Waals surface area contributed by atoms with Crippen LogP contribution in [0.1, 0.15) is 90.9 Å². The molecule has 3 nitrogen and oxygen atoms in total. The maximum Gasteiger partial charge on any atom is 0.0601 e. The largest absolute Gasteiger partial charge is 0.399 e. The Balaban J connectivity index is 2.46. The zero-order chi connectivity index (χ0) is 18.3. The Kier molecular flexibility index (Phi) is 12.0. The molecular weight excluding hydrogens is 306 g/mol. The highest BCUT2D eigenvalue weighted by molar-refractivity contribution is 5.71. The average Bonchev–Trinajstić information content (AvgIpc) is 2.59. The van der Waals surface area contributed by atoms with E-state index in [-0.39, 0.29) is 0 Å². The lowest BCUT2D eigenvalue weighted by Gasteiger charge is -2.26. The van der Waals surface area contributed by atoms with Crippen LogP contribution >= 0.6 is 0 Å². The van der Waals surface area contributed by atoms with Crippen molar-refractivity contribution in [2.24, 2.45) is 0 Å². The first kappa shape index (κ1) is 21.7. The van der Waals surface area contributed by atoms with Crippen LogP contribution in [-0.4, -0.2) is 13.1 Å². The molecule has 1 aromatic rings. The van der Waals surface area contributed by atoms with Crippen molar-refractivity contribution in [2.45, 2.75) is 90.9 Å². The molecule has 4 N–H and O–H groups in total. The van der Waals surface area contributed by atoms with Crippen LogP contribution in [0.15, 0.2) is 18.2 Å². The van der Waals surface area contributed by atoms with Crippen LogP contribution in [0, 0.1) is 0 Å². The number of rotatable bonds is 15. The van der Waals surface area contributed by atoms with Crippen LogP contribution in [0.3, 0.4) is 0 Å². The second-order valence-corrected chi connectivity index (χ2v) is 7.34.